The molecule has 0 aromatic heterocycles. The predicted octanol–water partition coefficient (Wildman–Crippen LogP) is 6.46. The van der Waals surface area contributed by atoms with Crippen LogP contribution in [-0.4, -0.2) is 26.0 Å². The molecular formula is C27H25ClN2O3S2. The lowest BCUT2D eigenvalue weighted by molar-refractivity contribution is 0.240. The lowest BCUT2D eigenvalue weighted by Crippen LogP contribution is -2.31. The van der Waals surface area contributed by atoms with Gasteiger partial charge in [0, 0.05) is 28.1 Å². The SMILES string of the molecule is O=S(=O)(Nc1cccc(Cl)c1)c1ccc2c(c1)[C@H]1C=CC[C@H]1[C@@H](c1ccc(OC3CSC3)cc1)N2. The van der Waals surface area contributed by atoms with Crippen molar-refractivity contribution in [3.8, 4) is 5.75 Å². The number of rotatable bonds is 6. The van der Waals surface area contributed by atoms with Gasteiger partial charge in [-0.05, 0) is 72.0 Å². The first-order chi connectivity index (χ1) is 17.0. The Morgan fingerprint density at radius 3 is 2.60 bits per heavy atom. The van der Waals surface area contributed by atoms with E-state index in [1.165, 1.54) is 5.56 Å². The molecule has 3 aliphatic rings. The number of benzene rings is 3. The summed E-state index contributed by atoms with van der Waals surface area (Å²) in [5, 5.41) is 4.16. The molecule has 35 heavy (non-hydrogen) atoms. The van der Waals surface area contributed by atoms with Crippen LogP contribution in [0.2, 0.25) is 5.02 Å². The van der Waals surface area contributed by atoms with E-state index in [0.717, 1.165) is 34.9 Å². The van der Waals surface area contributed by atoms with Crippen molar-refractivity contribution >= 4 is 44.8 Å². The van der Waals surface area contributed by atoms with Crippen LogP contribution in [0, 0.1) is 5.92 Å². The van der Waals surface area contributed by atoms with Crippen molar-refractivity contribution in [3.05, 3.63) is 95.0 Å². The zero-order chi connectivity index (χ0) is 24.0. The second-order valence-corrected chi connectivity index (χ2v) is 12.4. The van der Waals surface area contributed by atoms with E-state index in [-0.39, 0.29) is 16.9 Å². The maximum Gasteiger partial charge on any atom is 0.261 e. The van der Waals surface area contributed by atoms with E-state index in [2.05, 4.69) is 46.5 Å². The molecule has 1 aliphatic carbocycles. The van der Waals surface area contributed by atoms with E-state index in [0.29, 0.717) is 22.7 Å². The van der Waals surface area contributed by atoms with Gasteiger partial charge in [0.05, 0.1) is 16.6 Å². The van der Waals surface area contributed by atoms with Crippen LogP contribution in [0.1, 0.15) is 29.5 Å². The Hall–Kier alpha value is -2.61. The highest BCUT2D eigenvalue weighted by atomic mass is 35.5. The second-order valence-electron chi connectivity index (χ2n) is 9.19. The van der Waals surface area contributed by atoms with Gasteiger partial charge < -0.3 is 10.1 Å². The third-order valence-electron chi connectivity index (χ3n) is 6.87. The zero-order valence-corrected chi connectivity index (χ0v) is 21.2. The van der Waals surface area contributed by atoms with Crippen LogP contribution in [-0.2, 0) is 10.0 Å². The maximum absolute atomic E-state index is 13.1. The molecule has 0 saturated carbocycles. The first-order valence-electron chi connectivity index (χ1n) is 11.7. The zero-order valence-electron chi connectivity index (χ0n) is 18.9. The summed E-state index contributed by atoms with van der Waals surface area (Å²) in [7, 11) is -3.75. The monoisotopic (exact) mass is 524 g/mol. The summed E-state index contributed by atoms with van der Waals surface area (Å²) in [5.41, 5.74) is 3.63. The summed E-state index contributed by atoms with van der Waals surface area (Å²) in [6, 6.07) is 20.6. The molecule has 2 heterocycles. The summed E-state index contributed by atoms with van der Waals surface area (Å²) in [4.78, 5) is 0.242. The molecule has 0 radical (unpaired) electrons. The van der Waals surface area contributed by atoms with Gasteiger partial charge in [0.25, 0.3) is 10.0 Å². The fourth-order valence-electron chi connectivity index (χ4n) is 5.06. The standard InChI is InChI=1S/C27H25ClN2O3S2/c28-18-3-1-4-19(13-18)30-35(31,32)22-11-12-26-25(14-22)23-5-2-6-24(23)27(29-26)17-7-9-20(10-8-17)33-21-15-34-16-21/h1-5,7-14,21,23-24,27,29-30H,6,15-16H2/t23-,24+,27+/m0/s1. The minimum Gasteiger partial charge on any atom is -0.489 e. The van der Waals surface area contributed by atoms with Crippen molar-refractivity contribution < 1.29 is 13.2 Å². The Bertz CT molecular complexity index is 1390. The molecule has 0 unspecified atom stereocenters. The Labute approximate surface area is 215 Å². The molecule has 3 atom stereocenters. The minimum absolute atomic E-state index is 0.142. The molecule has 6 rings (SSSR count). The molecule has 1 saturated heterocycles. The molecule has 2 aliphatic heterocycles. The van der Waals surface area contributed by atoms with Gasteiger partial charge in [0.1, 0.15) is 11.9 Å². The van der Waals surface area contributed by atoms with E-state index in [1.807, 2.05) is 17.8 Å². The summed E-state index contributed by atoms with van der Waals surface area (Å²) < 4.78 is 34.9. The van der Waals surface area contributed by atoms with Gasteiger partial charge in [-0.1, -0.05) is 42.0 Å². The molecule has 3 aromatic carbocycles. The van der Waals surface area contributed by atoms with Crippen molar-refractivity contribution in [2.45, 2.75) is 29.4 Å². The van der Waals surface area contributed by atoms with Crippen LogP contribution < -0.4 is 14.8 Å². The van der Waals surface area contributed by atoms with Crippen molar-refractivity contribution in [2.24, 2.45) is 5.92 Å². The molecule has 8 heteroatoms. The predicted molar refractivity (Wildman–Crippen MR) is 143 cm³/mol. The highest BCUT2D eigenvalue weighted by Gasteiger charge is 2.38. The fraction of sp³-hybridized carbons (Fsp3) is 0.259. The van der Waals surface area contributed by atoms with Crippen molar-refractivity contribution in [2.75, 3.05) is 21.5 Å². The second kappa shape index (κ2) is 9.12. The number of halogens is 1. The van der Waals surface area contributed by atoms with E-state index in [9.17, 15) is 8.42 Å². The Morgan fingerprint density at radius 2 is 1.86 bits per heavy atom. The molecule has 0 bridgehead atoms. The van der Waals surface area contributed by atoms with E-state index >= 15 is 0 Å². The first kappa shape index (κ1) is 22.8. The molecule has 0 amide bonds. The normalized spacial score (nSPS) is 23.1. The number of fused-ring (bicyclic) bond motifs is 3. The van der Waals surface area contributed by atoms with E-state index in [1.54, 1.807) is 36.4 Å². The molecule has 5 nitrogen and oxygen atoms in total. The third kappa shape index (κ3) is 4.53. The van der Waals surface area contributed by atoms with Crippen LogP contribution in [0.4, 0.5) is 11.4 Å². The largest absolute Gasteiger partial charge is 0.489 e. The Morgan fingerprint density at radius 1 is 1.03 bits per heavy atom. The average Bonchev–Trinajstić information content (AvgIpc) is 3.31. The molecule has 2 N–H and O–H groups in total. The molecule has 1 fully saturated rings. The van der Waals surface area contributed by atoms with Crippen molar-refractivity contribution in [1.29, 1.82) is 0 Å². The number of sulfonamides is 1. The van der Waals surface area contributed by atoms with E-state index in [4.69, 9.17) is 16.3 Å². The smallest absolute Gasteiger partial charge is 0.261 e. The molecule has 3 aromatic rings. The fourth-order valence-corrected chi connectivity index (χ4v) is 6.90. The lowest BCUT2D eigenvalue weighted by atomic mass is 9.77. The Balaban J connectivity index is 1.26. The molecular weight excluding hydrogens is 500 g/mol. The molecule has 180 valence electrons. The van der Waals surface area contributed by atoms with Gasteiger partial charge in [0.2, 0.25) is 0 Å². The third-order valence-corrected chi connectivity index (χ3v) is 9.70. The van der Waals surface area contributed by atoms with Gasteiger partial charge in [-0.3, -0.25) is 4.72 Å². The number of ether oxygens (including phenoxy) is 1. The van der Waals surface area contributed by atoms with Crippen LogP contribution in [0.15, 0.2) is 83.8 Å². The van der Waals surface area contributed by atoms with Crippen LogP contribution in [0.25, 0.3) is 0 Å². The quantitative estimate of drug-likeness (QED) is 0.362. The van der Waals surface area contributed by atoms with Crippen LogP contribution >= 0.6 is 23.4 Å². The number of hydrogen-bond donors (Lipinski definition) is 2. The number of thioether (sulfide) groups is 1. The first-order valence-corrected chi connectivity index (χ1v) is 14.7. The summed E-state index contributed by atoms with van der Waals surface area (Å²) in [5.74, 6) is 3.50. The lowest BCUT2D eigenvalue weighted by Gasteiger charge is -2.37. The summed E-state index contributed by atoms with van der Waals surface area (Å²) in [6.07, 6.45) is 5.68. The number of allylic oxidation sites excluding steroid dienone is 2. The summed E-state index contributed by atoms with van der Waals surface area (Å²) >= 11 is 7.93. The molecule has 0 spiro atoms. The number of hydrogen-bond acceptors (Lipinski definition) is 5. The van der Waals surface area contributed by atoms with E-state index < -0.39 is 10.0 Å². The van der Waals surface area contributed by atoms with Crippen molar-refractivity contribution in [3.63, 3.8) is 0 Å². The number of nitrogens with one attached hydrogen (secondary N) is 2. The van der Waals surface area contributed by atoms with Gasteiger partial charge >= 0.3 is 0 Å². The van der Waals surface area contributed by atoms with Gasteiger partial charge in [-0.2, -0.15) is 11.8 Å². The van der Waals surface area contributed by atoms with Gasteiger partial charge in [-0.15, -0.1) is 0 Å². The van der Waals surface area contributed by atoms with Crippen LogP contribution in [0.5, 0.6) is 5.75 Å². The highest BCUT2D eigenvalue weighted by Crippen LogP contribution is 2.50. The average molecular weight is 525 g/mol. The summed E-state index contributed by atoms with van der Waals surface area (Å²) in [6.45, 7) is 0. The maximum atomic E-state index is 13.1. The number of anilines is 2. The van der Waals surface area contributed by atoms with Gasteiger partial charge in [-0.25, -0.2) is 8.42 Å². The Kier molecular flexibility index (Phi) is 5.95. The van der Waals surface area contributed by atoms with Gasteiger partial charge in [0.15, 0.2) is 0 Å². The van der Waals surface area contributed by atoms with Crippen LogP contribution in [0.3, 0.4) is 0 Å². The van der Waals surface area contributed by atoms with Crippen molar-refractivity contribution in [1.82, 2.24) is 0 Å². The topological polar surface area (TPSA) is 67.4 Å². The highest BCUT2D eigenvalue weighted by molar-refractivity contribution is 8.00. The minimum atomic E-state index is -3.75.